The van der Waals surface area contributed by atoms with Crippen molar-refractivity contribution in [2.45, 2.75) is 46.1 Å². The van der Waals surface area contributed by atoms with Crippen molar-refractivity contribution in [3.05, 3.63) is 23.2 Å². The quantitative estimate of drug-likeness (QED) is 0.902. The van der Waals surface area contributed by atoms with Gasteiger partial charge in [-0.1, -0.05) is 13.8 Å². The van der Waals surface area contributed by atoms with E-state index in [0.29, 0.717) is 12.5 Å². The Kier molecular flexibility index (Phi) is 4.17. The predicted octanol–water partition coefficient (Wildman–Crippen LogP) is 2.94. The minimum atomic E-state index is -0.0978. The minimum Gasteiger partial charge on any atom is -0.466 e. The standard InChI is InChI=1S/C17H26N2O3/c1-11-6-13-14(7-17(2,3)8-15(13)22-11)19-16(20)18-9-12-4-5-21-10-12/h6,12,14H,4-5,7-10H2,1-3H3,(H2,18,19,20)/t12-,14-/m1/s1. The SMILES string of the molecule is Cc1cc2c(o1)CC(C)(C)C[C@H]2NC(=O)NC[C@H]1CCOC1. The fraction of sp³-hybridized carbons (Fsp3) is 0.706. The second-order valence-electron chi connectivity index (χ2n) is 7.42. The first-order valence-electron chi connectivity index (χ1n) is 8.14. The first kappa shape index (κ1) is 15.4. The zero-order chi connectivity index (χ0) is 15.7. The van der Waals surface area contributed by atoms with Crippen molar-refractivity contribution >= 4 is 6.03 Å². The van der Waals surface area contributed by atoms with Gasteiger partial charge in [0.05, 0.1) is 12.6 Å². The molecule has 0 radical (unpaired) electrons. The molecule has 2 atom stereocenters. The summed E-state index contributed by atoms with van der Waals surface area (Å²) in [6.07, 6.45) is 2.89. The molecule has 2 N–H and O–H groups in total. The molecular formula is C17H26N2O3. The number of carbonyl (C=O) groups is 1. The normalized spacial score (nSPS) is 26.5. The number of aryl methyl sites for hydroxylation is 1. The maximum Gasteiger partial charge on any atom is 0.315 e. The molecule has 0 unspecified atom stereocenters. The molecule has 0 bridgehead atoms. The molecule has 1 aromatic rings. The lowest BCUT2D eigenvalue weighted by molar-refractivity contribution is 0.184. The molecule has 0 aromatic carbocycles. The Bertz CT molecular complexity index is 544. The van der Waals surface area contributed by atoms with Crippen LogP contribution >= 0.6 is 0 Å². The number of nitrogens with one attached hydrogen (secondary N) is 2. The van der Waals surface area contributed by atoms with Crippen molar-refractivity contribution in [2.75, 3.05) is 19.8 Å². The highest BCUT2D eigenvalue weighted by molar-refractivity contribution is 5.74. The van der Waals surface area contributed by atoms with E-state index in [0.717, 1.165) is 49.6 Å². The van der Waals surface area contributed by atoms with Gasteiger partial charge in [0.15, 0.2) is 0 Å². The van der Waals surface area contributed by atoms with Crippen LogP contribution in [-0.4, -0.2) is 25.8 Å². The maximum absolute atomic E-state index is 12.2. The van der Waals surface area contributed by atoms with Gasteiger partial charge < -0.3 is 19.8 Å². The van der Waals surface area contributed by atoms with E-state index in [1.807, 2.05) is 6.92 Å². The van der Waals surface area contributed by atoms with E-state index < -0.39 is 0 Å². The highest BCUT2D eigenvalue weighted by atomic mass is 16.5. The lowest BCUT2D eigenvalue weighted by Crippen LogP contribution is -2.43. The highest BCUT2D eigenvalue weighted by Gasteiger charge is 2.35. The van der Waals surface area contributed by atoms with Crippen LogP contribution in [0.2, 0.25) is 0 Å². The molecular weight excluding hydrogens is 280 g/mol. The largest absolute Gasteiger partial charge is 0.466 e. The van der Waals surface area contributed by atoms with Crippen LogP contribution in [-0.2, 0) is 11.2 Å². The second-order valence-corrected chi connectivity index (χ2v) is 7.42. The van der Waals surface area contributed by atoms with E-state index >= 15 is 0 Å². The van der Waals surface area contributed by atoms with Gasteiger partial charge in [-0.2, -0.15) is 0 Å². The molecule has 3 rings (SSSR count). The molecule has 122 valence electrons. The maximum atomic E-state index is 12.2. The van der Waals surface area contributed by atoms with E-state index in [1.165, 1.54) is 0 Å². The van der Waals surface area contributed by atoms with Gasteiger partial charge in [-0.25, -0.2) is 4.79 Å². The van der Waals surface area contributed by atoms with Gasteiger partial charge in [-0.05, 0) is 31.2 Å². The summed E-state index contributed by atoms with van der Waals surface area (Å²) in [7, 11) is 0. The summed E-state index contributed by atoms with van der Waals surface area (Å²) in [4.78, 5) is 12.2. The average Bonchev–Trinajstić information content (AvgIpc) is 3.04. The predicted molar refractivity (Wildman–Crippen MR) is 83.7 cm³/mol. The first-order valence-corrected chi connectivity index (χ1v) is 8.14. The van der Waals surface area contributed by atoms with Crippen molar-refractivity contribution < 1.29 is 13.9 Å². The Morgan fingerprint density at radius 1 is 1.45 bits per heavy atom. The van der Waals surface area contributed by atoms with Crippen molar-refractivity contribution in [3.8, 4) is 0 Å². The van der Waals surface area contributed by atoms with Gasteiger partial charge in [0.2, 0.25) is 0 Å². The van der Waals surface area contributed by atoms with E-state index in [4.69, 9.17) is 9.15 Å². The fourth-order valence-corrected chi connectivity index (χ4v) is 3.50. The molecule has 2 heterocycles. The zero-order valence-electron chi connectivity index (χ0n) is 13.7. The van der Waals surface area contributed by atoms with Gasteiger partial charge in [0, 0.05) is 31.1 Å². The number of carbonyl (C=O) groups excluding carboxylic acids is 1. The van der Waals surface area contributed by atoms with Crippen LogP contribution < -0.4 is 10.6 Å². The molecule has 2 amide bonds. The molecule has 1 aromatic heterocycles. The number of fused-ring (bicyclic) bond motifs is 1. The highest BCUT2D eigenvalue weighted by Crippen LogP contribution is 2.41. The van der Waals surface area contributed by atoms with Crippen LogP contribution in [0.1, 0.15) is 49.8 Å². The topological polar surface area (TPSA) is 63.5 Å². The molecule has 0 spiro atoms. The third-order valence-corrected chi connectivity index (χ3v) is 4.62. The monoisotopic (exact) mass is 306 g/mol. The number of ether oxygens (including phenoxy) is 1. The summed E-state index contributed by atoms with van der Waals surface area (Å²) in [5.41, 5.74) is 1.27. The summed E-state index contributed by atoms with van der Waals surface area (Å²) in [5.74, 6) is 2.38. The lowest BCUT2D eigenvalue weighted by Gasteiger charge is -2.34. The summed E-state index contributed by atoms with van der Waals surface area (Å²) < 4.78 is 11.1. The molecule has 1 saturated heterocycles. The van der Waals surface area contributed by atoms with Gasteiger partial charge in [-0.15, -0.1) is 0 Å². The smallest absolute Gasteiger partial charge is 0.315 e. The Morgan fingerprint density at radius 2 is 2.27 bits per heavy atom. The third kappa shape index (κ3) is 3.46. The Balaban J connectivity index is 1.62. The zero-order valence-corrected chi connectivity index (χ0v) is 13.7. The van der Waals surface area contributed by atoms with Crippen LogP contribution in [0.5, 0.6) is 0 Å². The Labute approximate surface area is 131 Å². The fourth-order valence-electron chi connectivity index (χ4n) is 3.50. The number of amides is 2. The van der Waals surface area contributed by atoms with E-state index in [-0.39, 0.29) is 17.5 Å². The lowest BCUT2D eigenvalue weighted by atomic mass is 9.75. The van der Waals surface area contributed by atoms with Gasteiger partial charge in [0.25, 0.3) is 0 Å². The van der Waals surface area contributed by atoms with Crippen molar-refractivity contribution in [1.82, 2.24) is 10.6 Å². The summed E-state index contributed by atoms with van der Waals surface area (Å²) in [5, 5.41) is 6.09. The van der Waals surface area contributed by atoms with Gasteiger partial charge in [0.1, 0.15) is 11.5 Å². The van der Waals surface area contributed by atoms with Gasteiger partial charge in [-0.3, -0.25) is 0 Å². The first-order chi connectivity index (χ1) is 10.4. The van der Waals surface area contributed by atoms with Crippen molar-refractivity contribution in [2.24, 2.45) is 11.3 Å². The number of urea groups is 1. The minimum absolute atomic E-state index is 0.0241. The second kappa shape index (κ2) is 5.95. The molecule has 0 saturated carbocycles. The summed E-state index contributed by atoms with van der Waals surface area (Å²) in [6.45, 7) is 8.64. The van der Waals surface area contributed by atoms with Crippen LogP contribution in [0, 0.1) is 18.3 Å². The van der Waals surface area contributed by atoms with Crippen LogP contribution in [0.4, 0.5) is 4.79 Å². The summed E-state index contributed by atoms with van der Waals surface area (Å²) >= 11 is 0. The van der Waals surface area contributed by atoms with Crippen LogP contribution in [0.15, 0.2) is 10.5 Å². The Morgan fingerprint density at radius 3 is 3.00 bits per heavy atom. The van der Waals surface area contributed by atoms with E-state index in [9.17, 15) is 4.79 Å². The summed E-state index contributed by atoms with van der Waals surface area (Å²) in [6, 6.07) is 1.98. The number of hydrogen-bond donors (Lipinski definition) is 2. The van der Waals surface area contributed by atoms with Gasteiger partial charge >= 0.3 is 6.03 Å². The molecule has 22 heavy (non-hydrogen) atoms. The molecule has 5 nitrogen and oxygen atoms in total. The number of rotatable bonds is 3. The number of furan rings is 1. The van der Waals surface area contributed by atoms with E-state index in [2.05, 4.69) is 30.5 Å². The Hall–Kier alpha value is -1.49. The third-order valence-electron chi connectivity index (χ3n) is 4.62. The van der Waals surface area contributed by atoms with Crippen molar-refractivity contribution in [3.63, 3.8) is 0 Å². The molecule has 2 aliphatic rings. The van der Waals surface area contributed by atoms with E-state index in [1.54, 1.807) is 0 Å². The number of hydrogen-bond acceptors (Lipinski definition) is 3. The molecule has 5 heteroatoms. The molecule has 1 aliphatic heterocycles. The molecule has 1 aliphatic carbocycles. The van der Waals surface area contributed by atoms with Crippen molar-refractivity contribution in [1.29, 1.82) is 0 Å². The molecule has 1 fully saturated rings. The van der Waals surface area contributed by atoms with Crippen LogP contribution in [0.25, 0.3) is 0 Å². The van der Waals surface area contributed by atoms with Crippen LogP contribution in [0.3, 0.4) is 0 Å². The average molecular weight is 306 g/mol.